The van der Waals surface area contributed by atoms with Crippen LogP contribution in [0.25, 0.3) is 0 Å². The molecule has 2 atom stereocenters. The lowest BCUT2D eigenvalue weighted by Gasteiger charge is -2.25. The molecule has 3 rings (SSSR count). The largest absolute Gasteiger partial charge is 0.497 e. The molecule has 0 aliphatic rings. The second-order valence-corrected chi connectivity index (χ2v) is 7.43. The summed E-state index contributed by atoms with van der Waals surface area (Å²) >= 11 is 0. The molecule has 0 bridgehead atoms. The van der Waals surface area contributed by atoms with Crippen LogP contribution in [0, 0.1) is 6.92 Å². The monoisotopic (exact) mass is 453 g/mol. The molecule has 2 N–H and O–H groups in total. The van der Waals surface area contributed by atoms with Crippen molar-refractivity contribution in [1.82, 2.24) is 25.5 Å². The van der Waals surface area contributed by atoms with Crippen LogP contribution in [0.4, 0.5) is 0 Å². The number of nitrogens with one attached hydrogen (secondary N) is 1. The Hall–Kier alpha value is -3.79. The van der Waals surface area contributed by atoms with Gasteiger partial charge in [-0.3, -0.25) is 14.9 Å². The summed E-state index contributed by atoms with van der Waals surface area (Å²) in [5.41, 5.74) is 2.65. The Labute approximate surface area is 191 Å². The highest BCUT2D eigenvalue weighted by Crippen LogP contribution is 2.28. The Morgan fingerprint density at radius 1 is 1.09 bits per heavy atom. The highest BCUT2D eigenvalue weighted by atomic mass is 16.5. The van der Waals surface area contributed by atoms with Gasteiger partial charge in [0.25, 0.3) is 0 Å². The van der Waals surface area contributed by atoms with Crippen molar-refractivity contribution in [2.45, 2.75) is 38.9 Å². The maximum atomic E-state index is 12.1. The zero-order valence-corrected chi connectivity index (χ0v) is 18.8. The van der Waals surface area contributed by atoms with Gasteiger partial charge in [0.1, 0.15) is 12.3 Å². The average molecular weight is 453 g/mol. The number of hydrogen-bond acceptors (Lipinski definition) is 8. The highest BCUT2D eigenvalue weighted by Gasteiger charge is 2.27. The van der Waals surface area contributed by atoms with Gasteiger partial charge in [0.15, 0.2) is 5.82 Å². The maximum Gasteiger partial charge on any atom is 0.327 e. The number of benzene rings is 2. The van der Waals surface area contributed by atoms with Gasteiger partial charge in [-0.2, -0.15) is 0 Å². The van der Waals surface area contributed by atoms with Crippen LogP contribution in [0.1, 0.15) is 47.9 Å². The summed E-state index contributed by atoms with van der Waals surface area (Å²) in [6, 6.07) is 13.8. The smallest absolute Gasteiger partial charge is 0.327 e. The number of carboxylic acid groups (broad SMARTS) is 1. The number of tetrazole rings is 1. The number of ether oxygens (including phenoxy) is 2. The number of hydrogen-bond donors (Lipinski definition) is 2. The van der Waals surface area contributed by atoms with E-state index >= 15 is 0 Å². The Bertz CT molecular complexity index is 1070. The first-order chi connectivity index (χ1) is 15.9. The second-order valence-electron chi connectivity index (χ2n) is 7.43. The van der Waals surface area contributed by atoms with Crippen molar-refractivity contribution >= 4 is 11.9 Å². The number of methoxy groups -OCH3 is 1. The molecule has 0 aliphatic heterocycles. The third-order valence-electron chi connectivity index (χ3n) is 5.08. The van der Waals surface area contributed by atoms with Gasteiger partial charge in [-0.05, 0) is 47.5 Å². The van der Waals surface area contributed by atoms with Crippen LogP contribution in [0.5, 0.6) is 5.75 Å². The van der Waals surface area contributed by atoms with Crippen molar-refractivity contribution in [3.63, 3.8) is 0 Å². The molecule has 1 aromatic heterocycles. The highest BCUT2D eigenvalue weighted by molar-refractivity contribution is 5.69. The topological polar surface area (TPSA) is 128 Å². The molecular weight excluding hydrogens is 426 g/mol. The molecular formula is C23H27N5O5. The Morgan fingerprint density at radius 2 is 1.76 bits per heavy atom. The lowest BCUT2D eigenvalue weighted by Crippen LogP contribution is -2.32. The summed E-state index contributed by atoms with van der Waals surface area (Å²) in [6.07, 6.45) is -0.158. The van der Waals surface area contributed by atoms with Gasteiger partial charge in [-0.25, -0.2) is 4.68 Å². The fourth-order valence-corrected chi connectivity index (χ4v) is 3.42. The van der Waals surface area contributed by atoms with Gasteiger partial charge in [-0.1, -0.05) is 42.0 Å². The van der Waals surface area contributed by atoms with E-state index < -0.39 is 24.0 Å². The zero-order valence-electron chi connectivity index (χ0n) is 18.8. The fraction of sp³-hybridized carbons (Fsp3) is 0.348. The van der Waals surface area contributed by atoms with Gasteiger partial charge < -0.3 is 14.6 Å². The summed E-state index contributed by atoms with van der Waals surface area (Å²) < 4.78 is 11.6. The molecule has 10 nitrogen and oxygen atoms in total. The number of rotatable bonds is 11. The molecule has 0 amide bonds. The lowest BCUT2D eigenvalue weighted by atomic mass is 9.98. The Balaban J connectivity index is 2.01. The Morgan fingerprint density at radius 3 is 2.36 bits per heavy atom. The quantitative estimate of drug-likeness (QED) is 0.421. The van der Waals surface area contributed by atoms with Gasteiger partial charge in [-0.15, -0.1) is 5.10 Å². The summed E-state index contributed by atoms with van der Waals surface area (Å²) in [6.45, 7) is 3.76. The molecule has 0 spiro atoms. The SMILES string of the molecule is CCOC(=O)Cn1nnnc1C(NC(CC(=O)O)c1ccc(C)cc1)c1ccc(OC)cc1. The molecule has 33 heavy (non-hydrogen) atoms. The molecule has 0 saturated carbocycles. The first kappa shape index (κ1) is 23.9. The van der Waals surface area contributed by atoms with Crippen molar-refractivity contribution in [2.24, 2.45) is 0 Å². The molecule has 0 radical (unpaired) electrons. The predicted molar refractivity (Wildman–Crippen MR) is 119 cm³/mol. The number of carboxylic acids is 1. The van der Waals surface area contributed by atoms with E-state index in [4.69, 9.17) is 9.47 Å². The number of nitrogens with zero attached hydrogens (tertiary/aromatic N) is 4. The second kappa shape index (κ2) is 11.2. The van der Waals surface area contributed by atoms with E-state index in [1.54, 1.807) is 26.2 Å². The van der Waals surface area contributed by atoms with Crippen molar-refractivity contribution in [3.8, 4) is 5.75 Å². The minimum atomic E-state index is -0.951. The van der Waals surface area contributed by atoms with Crippen LogP contribution >= 0.6 is 0 Å². The summed E-state index contributed by atoms with van der Waals surface area (Å²) in [5, 5.41) is 24.8. The molecule has 2 unspecified atom stereocenters. The number of carbonyl (C=O) groups excluding carboxylic acids is 1. The number of carbonyl (C=O) groups is 2. The number of aromatic nitrogens is 4. The van der Waals surface area contributed by atoms with Crippen LogP contribution in [0.15, 0.2) is 48.5 Å². The number of aliphatic carboxylic acids is 1. The molecule has 0 saturated heterocycles. The third kappa shape index (κ3) is 6.36. The van der Waals surface area contributed by atoms with Gasteiger partial charge >= 0.3 is 11.9 Å². The van der Waals surface area contributed by atoms with Gasteiger partial charge in [0.05, 0.1) is 26.2 Å². The Kier molecular flexibility index (Phi) is 8.09. The van der Waals surface area contributed by atoms with Gasteiger partial charge in [0.2, 0.25) is 0 Å². The molecule has 3 aromatic rings. The van der Waals surface area contributed by atoms with Crippen LogP contribution in [0.3, 0.4) is 0 Å². The lowest BCUT2D eigenvalue weighted by molar-refractivity contribution is -0.144. The van der Waals surface area contributed by atoms with Crippen LogP contribution in [0.2, 0.25) is 0 Å². The normalized spacial score (nSPS) is 12.7. The summed E-state index contributed by atoms with van der Waals surface area (Å²) in [5.74, 6) is -0.396. The minimum absolute atomic E-state index is 0.158. The number of esters is 1. The van der Waals surface area contributed by atoms with E-state index in [0.29, 0.717) is 11.6 Å². The minimum Gasteiger partial charge on any atom is -0.497 e. The van der Waals surface area contributed by atoms with Gasteiger partial charge in [0, 0.05) is 6.04 Å². The third-order valence-corrected chi connectivity index (χ3v) is 5.08. The first-order valence-corrected chi connectivity index (χ1v) is 10.5. The van der Waals surface area contributed by atoms with Crippen molar-refractivity contribution in [2.75, 3.05) is 13.7 Å². The summed E-state index contributed by atoms with van der Waals surface area (Å²) in [4.78, 5) is 23.7. The molecule has 0 fully saturated rings. The maximum absolute atomic E-state index is 12.1. The molecule has 1 heterocycles. The standard InChI is InChI=1S/C23H27N5O5/c1-4-33-21(31)14-28-23(25-26-27-28)22(17-9-11-18(32-3)12-10-17)24-19(13-20(29)30)16-7-5-15(2)6-8-16/h5-12,19,22,24H,4,13-14H2,1-3H3,(H,29,30). The van der Waals surface area contributed by atoms with Crippen molar-refractivity contribution < 1.29 is 24.2 Å². The average Bonchev–Trinajstić information content (AvgIpc) is 3.24. The van der Waals surface area contributed by atoms with Crippen molar-refractivity contribution in [1.29, 1.82) is 0 Å². The van der Waals surface area contributed by atoms with Crippen LogP contribution in [-0.4, -0.2) is 51.0 Å². The van der Waals surface area contributed by atoms with E-state index in [9.17, 15) is 14.7 Å². The molecule has 174 valence electrons. The van der Waals surface area contributed by atoms with E-state index in [1.165, 1.54) is 4.68 Å². The van der Waals surface area contributed by atoms with E-state index in [-0.39, 0.29) is 19.6 Å². The fourth-order valence-electron chi connectivity index (χ4n) is 3.42. The molecule has 10 heteroatoms. The molecule has 2 aromatic carbocycles. The predicted octanol–water partition coefficient (Wildman–Crippen LogP) is 2.45. The van der Waals surface area contributed by atoms with E-state index in [2.05, 4.69) is 20.8 Å². The van der Waals surface area contributed by atoms with E-state index in [1.807, 2.05) is 43.3 Å². The van der Waals surface area contributed by atoms with Crippen molar-refractivity contribution in [3.05, 3.63) is 71.0 Å². The summed E-state index contributed by atoms with van der Waals surface area (Å²) in [7, 11) is 1.57. The van der Waals surface area contributed by atoms with Crippen LogP contribution < -0.4 is 10.1 Å². The zero-order chi connectivity index (χ0) is 23.8. The van der Waals surface area contributed by atoms with E-state index in [0.717, 1.165) is 16.7 Å². The molecule has 0 aliphatic carbocycles. The van der Waals surface area contributed by atoms with Crippen LogP contribution in [-0.2, 0) is 20.9 Å². The number of aryl methyl sites for hydroxylation is 1. The first-order valence-electron chi connectivity index (χ1n) is 10.5.